The van der Waals surface area contributed by atoms with E-state index < -0.39 is 5.97 Å². The molecule has 0 aliphatic rings. The molecule has 1 rings (SSSR count). The maximum Gasteiger partial charge on any atom is 0.307 e. The Morgan fingerprint density at radius 2 is 1.88 bits per heavy atom. The van der Waals surface area contributed by atoms with Crippen LogP contribution in [0.5, 0.6) is 5.75 Å². The van der Waals surface area contributed by atoms with Crippen molar-refractivity contribution in [1.82, 2.24) is 0 Å². The summed E-state index contributed by atoms with van der Waals surface area (Å²) in [7, 11) is 1.61. The normalized spacial score (nSPS) is 12.5. The van der Waals surface area contributed by atoms with E-state index in [4.69, 9.17) is 9.84 Å². The van der Waals surface area contributed by atoms with E-state index in [1.165, 1.54) is 0 Å². The minimum Gasteiger partial charge on any atom is -0.497 e. The number of benzene rings is 1. The molecule has 0 amide bonds. The quantitative estimate of drug-likeness (QED) is 0.833. The van der Waals surface area contributed by atoms with Gasteiger partial charge in [-0.15, -0.1) is 0 Å². The molecule has 0 saturated heterocycles. The number of hydrogen-bond donors (Lipinski definition) is 1. The summed E-state index contributed by atoms with van der Waals surface area (Å²) in [4.78, 5) is 11.0. The van der Waals surface area contributed by atoms with E-state index in [1.807, 2.05) is 38.1 Å². The fourth-order valence-electron chi connectivity index (χ4n) is 1.62. The highest BCUT2D eigenvalue weighted by Crippen LogP contribution is 2.19. The number of carboxylic acids is 1. The maximum absolute atomic E-state index is 11.0. The molecule has 0 aliphatic carbocycles. The van der Waals surface area contributed by atoms with Gasteiger partial charge in [0.2, 0.25) is 0 Å². The lowest BCUT2D eigenvalue weighted by Gasteiger charge is -2.16. The molecule has 0 fully saturated rings. The molecule has 0 heterocycles. The third-order valence-corrected chi connectivity index (χ3v) is 2.74. The monoisotopic (exact) mass is 222 g/mol. The maximum atomic E-state index is 11.0. The summed E-state index contributed by atoms with van der Waals surface area (Å²) >= 11 is 0. The molecule has 0 bridgehead atoms. The molecule has 88 valence electrons. The highest BCUT2D eigenvalue weighted by molar-refractivity contribution is 5.70. The second-order valence-corrected chi connectivity index (χ2v) is 4.24. The van der Waals surface area contributed by atoms with Crippen LogP contribution < -0.4 is 4.74 Å². The van der Waals surface area contributed by atoms with Gasteiger partial charge < -0.3 is 9.84 Å². The van der Waals surface area contributed by atoms with E-state index in [0.29, 0.717) is 6.42 Å². The Morgan fingerprint density at radius 1 is 1.31 bits per heavy atom. The van der Waals surface area contributed by atoms with Crippen LogP contribution in [0.3, 0.4) is 0 Å². The standard InChI is InChI=1S/C13H18O3/c1-9(2)12(13(14)15)8-10-4-6-11(16-3)7-5-10/h4-7,9,12H,8H2,1-3H3,(H,14,15). The fraction of sp³-hybridized carbons (Fsp3) is 0.462. The van der Waals surface area contributed by atoms with Crippen molar-refractivity contribution < 1.29 is 14.6 Å². The first-order valence-corrected chi connectivity index (χ1v) is 5.40. The smallest absolute Gasteiger partial charge is 0.307 e. The van der Waals surface area contributed by atoms with E-state index in [1.54, 1.807) is 7.11 Å². The van der Waals surface area contributed by atoms with Gasteiger partial charge in [0.25, 0.3) is 0 Å². The largest absolute Gasteiger partial charge is 0.497 e. The van der Waals surface area contributed by atoms with Gasteiger partial charge in [-0.05, 0) is 30.0 Å². The third-order valence-electron chi connectivity index (χ3n) is 2.74. The number of methoxy groups -OCH3 is 1. The Kier molecular flexibility index (Phi) is 4.35. The highest BCUT2D eigenvalue weighted by atomic mass is 16.5. The Hall–Kier alpha value is -1.51. The van der Waals surface area contributed by atoms with Crippen LogP contribution in [0.1, 0.15) is 19.4 Å². The van der Waals surface area contributed by atoms with Crippen LogP contribution >= 0.6 is 0 Å². The Labute approximate surface area is 96.1 Å². The van der Waals surface area contributed by atoms with Crippen LogP contribution in [0.2, 0.25) is 0 Å². The van der Waals surface area contributed by atoms with Crippen LogP contribution in [-0.2, 0) is 11.2 Å². The molecule has 0 saturated carbocycles. The van der Waals surface area contributed by atoms with E-state index in [0.717, 1.165) is 11.3 Å². The first kappa shape index (κ1) is 12.6. The lowest BCUT2D eigenvalue weighted by atomic mass is 9.89. The average molecular weight is 222 g/mol. The van der Waals surface area contributed by atoms with Gasteiger partial charge in [0, 0.05) is 0 Å². The molecular formula is C13H18O3. The lowest BCUT2D eigenvalue weighted by molar-refractivity contribution is -0.143. The zero-order valence-electron chi connectivity index (χ0n) is 9.93. The number of hydrogen-bond acceptors (Lipinski definition) is 2. The molecule has 1 N–H and O–H groups in total. The number of rotatable bonds is 5. The third kappa shape index (κ3) is 3.26. The van der Waals surface area contributed by atoms with Gasteiger partial charge in [0.1, 0.15) is 5.75 Å². The first-order valence-electron chi connectivity index (χ1n) is 5.40. The number of carbonyl (C=O) groups is 1. The Bertz CT molecular complexity index is 341. The van der Waals surface area contributed by atoms with Crippen molar-refractivity contribution in [3.05, 3.63) is 29.8 Å². The Morgan fingerprint density at radius 3 is 2.25 bits per heavy atom. The van der Waals surface area contributed by atoms with Crippen molar-refractivity contribution in [3.8, 4) is 5.75 Å². The molecule has 0 radical (unpaired) electrons. The van der Waals surface area contributed by atoms with Crippen LogP contribution in [-0.4, -0.2) is 18.2 Å². The van der Waals surface area contributed by atoms with Crippen molar-refractivity contribution in [2.45, 2.75) is 20.3 Å². The summed E-state index contributed by atoms with van der Waals surface area (Å²) < 4.78 is 5.05. The van der Waals surface area contributed by atoms with Gasteiger partial charge >= 0.3 is 5.97 Å². The van der Waals surface area contributed by atoms with Crippen molar-refractivity contribution in [2.24, 2.45) is 11.8 Å². The van der Waals surface area contributed by atoms with Crippen LogP contribution in [0.25, 0.3) is 0 Å². The lowest BCUT2D eigenvalue weighted by Crippen LogP contribution is -2.22. The molecule has 3 heteroatoms. The minimum atomic E-state index is -0.731. The summed E-state index contributed by atoms with van der Waals surface area (Å²) in [6.07, 6.45) is 0.566. The van der Waals surface area contributed by atoms with Crippen LogP contribution in [0.4, 0.5) is 0 Å². The summed E-state index contributed by atoms with van der Waals surface area (Å²) in [5.41, 5.74) is 1.03. The van der Waals surface area contributed by atoms with Crippen molar-refractivity contribution >= 4 is 5.97 Å². The predicted octanol–water partition coefficient (Wildman–Crippen LogP) is 2.59. The fourth-order valence-corrected chi connectivity index (χ4v) is 1.62. The van der Waals surface area contributed by atoms with Crippen molar-refractivity contribution in [2.75, 3.05) is 7.11 Å². The molecule has 3 nitrogen and oxygen atoms in total. The zero-order valence-corrected chi connectivity index (χ0v) is 9.93. The number of carboxylic acid groups (broad SMARTS) is 1. The molecule has 0 aliphatic heterocycles. The summed E-state index contributed by atoms with van der Waals surface area (Å²) in [5, 5.41) is 9.08. The second kappa shape index (κ2) is 5.54. The molecule has 0 spiro atoms. The van der Waals surface area contributed by atoms with Gasteiger partial charge in [-0.2, -0.15) is 0 Å². The van der Waals surface area contributed by atoms with Gasteiger partial charge in [-0.3, -0.25) is 4.79 Å². The highest BCUT2D eigenvalue weighted by Gasteiger charge is 2.21. The van der Waals surface area contributed by atoms with Crippen LogP contribution in [0.15, 0.2) is 24.3 Å². The average Bonchev–Trinajstić information content (AvgIpc) is 2.25. The minimum absolute atomic E-state index is 0.139. The molecule has 1 unspecified atom stereocenters. The predicted molar refractivity (Wildman–Crippen MR) is 62.7 cm³/mol. The topological polar surface area (TPSA) is 46.5 Å². The van der Waals surface area contributed by atoms with Crippen molar-refractivity contribution in [3.63, 3.8) is 0 Å². The number of ether oxygens (including phenoxy) is 1. The SMILES string of the molecule is COc1ccc(CC(C(=O)O)C(C)C)cc1. The van der Waals surface area contributed by atoms with Crippen molar-refractivity contribution in [1.29, 1.82) is 0 Å². The summed E-state index contributed by atoms with van der Waals surface area (Å²) in [5.74, 6) is -0.126. The van der Waals surface area contributed by atoms with E-state index in [2.05, 4.69) is 0 Å². The molecular weight excluding hydrogens is 204 g/mol. The number of aliphatic carboxylic acids is 1. The second-order valence-electron chi connectivity index (χ2n) is 4.24. The van der Waals surface area contributed by atoms with Gasteiger partial charge in [0.05, 0.1) is 13.0 Å². The molecule has 0 aromatic heterocycles. The first-order chi connectivity index (χ1) is 7.54. The van der Waals surface area contributed by atoms with E-state index in [-0.39, 0.29) is 11.8 Å². The molecule has 1 aromatic carbocycles. The molecule has 16 heavy (non-hydrogen) atoms. The summed E-state index contributed by atoms with van der Waals surface area (Å²) in [6.45, 7) is 3.87. The van der Waals surface area contributed by atoms with Crippen LogP contribution in [0, 0.1) is 11.8 Å². The van der Waals surface area contributed by atoms with Gasteiger partial charge in [-0.1, -0.05) is 26.0 Å². The zero-order chi connectivity index (χ0) is 12.1. The Balaban J connectivity index is 2.74. The van der Waals surface area contributed by atoms with E-state index >= 15 is 0 Å². The van der Waals surface area contributed by atoms with Gasteiger partial charge in [-0.25, -0.2) is 0 Å². The summed E-state index contributed by atoms with van der Waals surface area (Å²) in [6, 6.07) is 7.54. The molecule has 1 aromatic rings. The van der Waals surface area contributed by atoms with Gasteiger partial charge in [0.15, 0.2) is 0 Å². The molecule has 1 atom stereocenters. The van der Waals surface area contributed by atoms with E-state index in [9.17, 15) is 4.79 Å².